The van der Waals surface area contributed by atoms with Gasteiger partial charge in [0.2, 0.25) is 0 Å². The summed E-state index contributed by atoms with van der Waals surface area (Å²) in [5, 5.41) is 0. The van der Waals surface area contributed by atoms with Gasteiger partial charge in [0.15, 0.2) is 0 Å². The molecule has 0 saturated heterocycles. The molecule has 0 saturated carbocycles. The van der Waals surface area contributed by atoms with E-state index in [0.717, 1.165) is 36.8 Å². The maximum absolute atomic E-state index is 11.1. The zero-order chi connectivity index (χ0) is 49.5. The van der Waals surface area contributed by atoms with Crippen molar-refractivity contribution in [2.75, 3.05) is 0 Å². The minimum Gasteiger partial charge on any atom is -0.744 e. The van der Waals surface area contributed by atoms with Crippen molar-refractivity contribution in [2.24, 2.45) is 0 Å². The van der Waals surface area contributed by atoms with Gasteiger partial charge in [-0.1, -0.05) is 308 Å². The molecular formula is C60H106CaO6S2. The summed E-state index contributed by atoms with van der Waals surface area (Å²) in [6, 6.07) is 13.0. The van der Waals surface area contributed by atoms with E-state index >= 15 is 0 Å². The van der Waals surface area contributed by atoms with Crippen LogP contribution in [0, 0.1) is 0 Å². The van der Waals surface area contributed by atoms with E-state index in [2.05, 4.69) is 13.8 Å². The fraction of sp³-hybridized carbons (Fsp3) is 0.800. The van der Waals surface area contributed by atoms with Crippen molar-refractivity contribution >= 4 is 58.0 Å². The quantitative estimate of drug-likeness (QED) is 0.0370. The van der Waals surface area contributed by atoms with Gasteiger partial charge >= 0.3 is 37.7 Å². The summed E-state index contributed by atoms with van der Waals surface area (Å²) in [4.78, 5) is -0.215. The molecule has 0 N–H and O–H groups in total. The fourth-order valence-corrected chi connectivity index (χ4v) is 10.7. The zero-order valence-electron chi connectivity index (χ0n) is 45.1. The van der Waals surface area contributed by atoms with Crippen molar-refractivity contribution in [1.82, 2.24) is 0 Å². The molecule has 2 aromatic carbocycles. The van der Waals surface area contributed by atoms with E-state index in [9.17, 15) is 25.9 Å². The summed E-state index contributed by atoms with van der Waals surface area (Å²) in [6.07, 6.45) is 62.4. The van der Waals surface area contributed by atoms with Gasteiger partial charge in [0.25, 0.3) is 0 Å². The number of rotatable bonds is 48. The van der Waals surface area contributed by atoms with Crippen molar-refractivity contribution in [3.8, 4) is 0 Å². The molecule has 0 radical (unpaired) electrons. The van der Waals surface area contributed by atoms with Gasteiger partial charge < -0.3 is 9.11 Å². The summed E-state index contributed by atoms with van der Waals surface area (Å²) in [6.45, 7) is 4.57. The van der Waals surface area contributed by atoms with E-state index in [1.54, 1.807) is 12.1 Å². The molecule has 0 unspecified atom stereocenters. The monoisotopic (exact) mass is 1030 g/mol. The molecule has 6 nitrogen and oxygen atoms in total. The summed E-state index contributed by atoms with van der Waals surface area (Å²) in [5.74, 6) is 0. The van der Waals surface area contributed by atoms with Crippen molar-refractivity contribution in [3.05, 3.63) is 59.7 Å². The molecule has 9 heteroatoms. The van der Waals surface area contributed by atoms with Crippen LogP contribution in [0.15, 0.2) is 58.3 Å². The Bertz CT molecular complexity index is 1500. The van der Waals surface area contributed by atoms with E-state index in [-0.39, 0.29) is 47.5 Å². The number of hydrogen-bond acceptors (Lipinski definition) is 6. The summed E-state index contributed by atoms with van der Waals surface area (Å²) >= 11 is 0. The van der Waals surface area contributed by atoms with Crippen LogP contribution in [0.2, 0.25) is 0 Å². The van der Waals surface area contributed by atoms with Crippen LogP contribution in [0.4, 0.5) is 0 Å². The van der Waals surface area contributed by atoms with Gasteiger partial charge in [-0.3, -0.25) is 0 Å². The number of unbranched alkanes of at least 4 members (excludes halogenated alkanes) is 42. The molecule has 0 heterocycles. The van der Waals surface area contributed by atoms with Gasteiger partial charge in [0.05, 0.1) is 9.79 Å². The van der Waals surface area contributed by atoms with Gasteiger partial charge in [0.1, 0.15) is 20.2 Å². The Kier molecular flexibility index (Phi) is 49.4. The largest absolute Gasteiger partial charge is 2.00 e. The summed E-state index contributed by atoms with van der Waals surface area (Å²) in [5.41, 5.74) is 1.90. The second-order valence-electron chi connectivity index (χ2n) is 20.6. The SMILES string of the molecule is CCCCCCCCCCCCCCCCCCCCCCCCc1cccc(S(=O)(=O)[O-])c1.CCCCCCCCCCCCCCCCCCCCCCCCc1cccc(S(=O)(=O)[O-])c1.[Ca+2]. The summed E-state index contributed by atoms with van der Waals surface area (Å²) < 4.78 is 66.6. The second-order valence-corrected chi connectivity index (χ2v) is 23.3. The normalized spacial score (nSPS) is 11.7. The maximum atomic E-state index is 11.1. The van der Waals surface area contributed by atoms with Crippen LogP contribution in [-0.2, 0) is 33.1 Å². The molecule has 0 bridgehead atoms. The van der Waals surface area contributed by atoms with Crippen molar-refractivity contribution < 1.29 is 25.9 Å². The average Bonchev–Trinajstić information content (AvgIpc) is 3.32. The molecule has 0 atom stereocenters. The Balaban J connectivity index is 0.00000132. The number of benzene rings is 2. The van der Waals surface area contributed by atoms with Gasteiger partial charge in [-0.05, 0) is 61.1 Å². The van der Waals surface area contributed by atoms with Crippen LogP contribution in [0.3, 0.4) is 0 Å². The van der Waals surface area contributed by atoms with Crippen molar-refractivity contribution in [2.45, 2.75) is 319 Å². The Hall–Kier alpha value is -0.480. The molecule has 0 aromatic heterocycles. The van der Waals surface area contributed by atoms with Crippen LogP contribution >= 0.6 is 0 Å². The molecule has 0 aliphatic carbocycles. The van der Waals surface area contributed by atoms with Gasteiger partial charge in [-0.2, -0.15) is 0 Å². The Morgan fingerprint density at radius 3 is 0.638 bits per heavy atom. The molecule has 396 valence electrons. The third-order valence-corrected chi connectivity index (χ3v) is 15.7. The Labute approximate surface area is 458 Å². The van der Waals surface area contributed by atoms with E-state index in [4.69, 9.17) is 0 Å². The predicted octanol–water partition coefficient (Wildman–Crippen LogP) is 19.1. The number of aryl methyl sites for hydroxylation is 2. The smallest absolute Gasteiger partial charge is 0.744 e. The van der Waals surface area contributed by atoms with Crippen LogP contribution < -0.4 is 0 Å². The average molecular weight is 1030 g/mol. The summed E-state index contributed by atoms with van der Waals surface area (Å²) in [7, 11) is -8.68. The first-order chi connectivity index (χ1) is 33.1. The molecule has 2 aromatic rings. The molecular weight excluding hydrogens is 921 g/mol. The van der Waals surface area contributed by atoms with Crippen LogP contribution in [0.25, 0.3) is 0 Å². The molecule has 0 aliphatic heterocycles. The van der Waals surface area contributed by atoms with Crippen LogP contribution in [0.1, 0.15) is 307 Å². The third-order valence-electron chi connectivity index (χ3n) is 14.0. The minimum absolute atomic E-state index is 0. The second kappa shape index (κ2) is 49.7. The molecule has 0 spiro atoms. The standard InChI is InChI=1S/2C30H54O3S.Ca/c2*1-2-3-4-5-6-7-8-9-10-11-12-13-14-15-16-17-18-19-20-21-22-23-25-29-26-24-27-30(28-29)34(31,32)33;/h2*24,26-28H,2-23,25H2,1H3,(H,31,32,33);/q;;+2/p-2. The van der Waals surface area contributed by atoms with Gasteiger partial charge in [0, 0.05) is 0 Å². The van der Waals surface area contributed by atoms with Crippen molar-refractivity contribution in [1.29, 1.82) is 0 Å². The van der Waals surface area contributed by atoms with Crippen molar-refractivity contribution in [3.63, 3.8) is 0 Å². The first-order valence-corrected chi connectivity index (χ1v) is 32.0. The van der Waals surface area contributed by atoms with Crippen LogP contribution in [-0.4, -0.2) is 63.7 Å². The molecule has 0 aliphatic rings. The van der Waals surface area contributed by atoms with E-state index in [0.29, 0.717) is 0 Å². The first-order valence-electron chi connectivity index (χ1n) is 29.2. The maximum Gasteiger partial charge on any atom is 2.00 e. The van der Waals surface area contributed by atoms with Gasteiger partial charge in [-0.15, -0.1) is 0 Å². The number of hydrogen-bond donors (Lipinski definition) is 0. The predicted molar refractivity (Wildman–Crippen MR) is 296 cm³/mol. The van der Waals surface area contributed by atoms with Gasteiger partial charge in [-0.25, -0.2) is 16.8 Å². The zero-order valence-corrected chi connectivity index (χ0v) is 49.0. The minimum atomic E-state index is -4.34. The molecule has 69 heavy (non-hydrogen) atoms. The molecule has 0 amide bonds. The van der Waals surface area contributed by atoms with E-state index < -0.39 is 20.2 Å². The molecule has 0 fully saturated rings. The van der Waals surface area contributed by atoms with Crippen LogP contribution in [0.5, 0.6) is 0 Å². The fourth-order valence-electron chi connectivity index (χ4n) is 9.59. The topological polar surface area (TPSA) is 114 Å². The Morgan fingerprint density at radius 2 is 0.464 bits per heavy atom. The first kappa shape index (κ1) is 68.5. The third kappa shape index (κ3) is 45.8. The molecule has 2 rings (SSSR count). The Morgan fingerprint density at radius 1 is 0.290 bits per heavy atom. The van der Waals surface area contributed by atoms with E-state index in [1.165, 1.54) is 294 Å². The van der Waals surface area contributed by atoms with E-state index in [1.807, 2.05) is 12.1 Å².